The van der Waals surface area contributed by atoms with Gasteiger partial charge in [0.15, 0.2) is 0 Å². The van der Waals surface area contributed by atoms with Crippen molar-refractivity contribution in [1.82, 2.24) is 9.80 Å². The van der Waals surface area contributed by atoms with E-state index in [0.717, 1.165) is 12.5 Å². The van der Waals surface area contributed by atoms with E-state index < -0.39 is 0 Å². The molecule has 2 heterocycles. The smallest absolute Gasteiger partial charge is 0.0593 e. The first-order valence-corrected chi connectivity index (χ1v) is 8.21. The van der Waals surface area contributed by atoms with Gasteiger partial charge in [-0.3, -0.25) is 4.90 Å². The lowest BCUT2D eigenvalue weighted by Gasteiger charge is -2.41. The van der Waals surface area contributed by atoms with Crippen LogP contribution in [0.4, 0.5) is 0 Å². The van der Waals surface area contributed by atoms with Crippen LogP contribution >= 0.6 is 11.3 Å². The van der Waals surface area contributed by atoms with Gasteiger partial charge in [0.2, 0.25) is 0 Å². The molecule has 108 valence electrons. The van der Waals surface area contributed by atoms with Crippen molar-refractivity contribution in [2.45, 2.75) is 44.3 Å². The summed E-state index contributed by atoms with van der Waals surface area (Å²) in [7, 11) is 4.38. The minimum absolute atomic E-state index is 0.245. The zero-order valence-corrected chi connectivity index (χ0v) is 13.2. The summed E-state index contributed by atoms with van der Waals surface area (Å²) in [4.78, 5) is 6.38. The third-order valence-corrected chi connectivity index (χ3v) is 5.28. The Bertz CT molecular complexity index is 355. The predicted octanol–water partition coefficient (Wildman–Crippen LogP) is 2.55. The molecule has 0 bridgehead atoms. The van der Waals surface area contributed by atoms with Crippen LogP contribution in [0.25, 0.3) is 0 Å². The molecule has 2 unspecified atom stereocenters. The van der Waals surface area contributed by atoms with Crippen molar-refractivity contribution in [3.8, 4) is 0 Å². The molecular weight excluding hydrogens is 254 g/mol. The molecular formula is C15H27N3S. The average Bonchev–Trinajstić information content (AvgIpc) is 2.93. The molecule has 1 aromatic heterocycles. The molecule has 1 aliphatic rings. The molecule has 3 nitrogen and oxygen atoms in total. The summed E-state index contributed by atoms with van der Waals surface area (Å²) < 4.78 is 0. The maximum Gasteiger partial charge on any atom is 0.0593 e. The minimum Gasteiger partial charge on any atom is -0.326 e. The highest BCUT2D eigenvalue weighted by atomic mass is 32.1. The van der Waals surface area contributed by atoms with E-state index in [2.05, 4.69) is 48.3 Å². The summed E-state index contributed by atoms with van der Waals surface area (Å²) in [5.74, 6) is 0. The maximum atomic E-state index is 6.39. The van der Waals surface area contributed by atoms with E-state index in [1.165, 1.54) is 30.8 Å². The van der Waals surface area contributed by atoms with Gasteiger partial charge in [0, 0.05) is 30.1 Å². The van der Waals surface area contributed by atoms with Crippen LogP contribution in [0.1, 0.15) is 37.1 Å². The van der Waals surface area contributed by atoms with Gasteiger partial charge in [0.25, 0.3) is 0 Å². The van der Waals surface area contributed by atoms with Crippen molar-refractivity contribution < 1.29 is 0 Å². The third-order valence-electron chi connectivity index (χ3n) is 4.33. The van der Waals surface area contributed by atoms with Gasteiger partial charge in [0.1, 0.15) is 0 Å². The SMILES string of the molecule is CCC(N)C(c1cccs1)N1CCC(N(C)C)CC1. The van der Waals surface area contributed by atoms with Crippen molar-refractivity contribution in [3.05, 3.63) is 22.4 Å². The first kappa shape index (κ1) is 15.0. The van der Waals surface area contributed by atoms with E-state index in [1.54, 1.807) is 0 Å². The highest BCUT2D eigenvalue weighted by molar-refractivity contribution is 7.10. The highest BCUT2D eigenvalue weighted by Crippen LogP contribution is 2.31. The van der Waals surface area contributed by atoms with Crippen molar-refractivity contribution in [1.29, 1.82) is 0 Å². The molecule has 19 heavy (non-hydrogen) atoms. The lowest BCUT2D eigenvalue weighted by molar-refractivity contribution is 0.0964. The molecule has 1 aliphatic heterocycles. The van der Waals surface area contributed by atoms with E-state index >= 15 is 0 Å². The fraction of sp³-hybridized carbons (Fsp3) is 0.733. The summed E-state index contributed by atoms with van der Waals surface area (Å²) in [5, 5.41) is 2.16. The molecule has 0 radical (unpaired) electrons. The molecule has 0 aromatic carbocycles. The number of thiophene rings is 1. The second-order valence-corrected chi connectivity index (χ2v) is 6.74. The molecule has 0 spiro atoms. The molecule has 2 atom stereocenters. The number of likely N-dealkylation sites (tertiary alicyclic amines) is 1. The summed E-state index contributed by atoms with van der Waals surface area (Å²) in [6, 6.07) is 5.77. The van der Waals surface area contributed by atoms with Gasteiger partial charge in [0.05, 0.1) is 6.04 Å². The number of hydrogen-bond acceptors (Lipinski definition) is 4. The van der Waals surface area contributed by atoms with Crippen LogP contribution in [0.5, 0.6) is 0 Å². The lowest BCUT2D eigenvalue weighted by Crippen LogP contribution is -2.47. The van der Waals surface area contributed by atoms with Gasteiger partial charge in [-0.25, -0.2) is 0 Å². The third kappa shape index (κ3) is 3.57. The molecule has 1 aromatic rings. The number of rotatable bonds is 5. The van der Waals surface area contributed by atoms with E-state index in [0.29, 0.717) is 6.04 Å². The summed E-state index contributed by atoms with van der Waals surface area (Å²) in [6.45, 7) is 4.52. The maximum absolute atomic E-state index is 6.39. The van der Waals surface area contributed by atoms with Crippen LogP contribution in [-0.2, 0) is 0 Å². The van der Waals surface area contributed by atoms with Gasteiger partial charge in [-0.1, -0.05) is 13.0 Å². The number of piperidine rings is 1. The molecule has 0 saturated carbocycles. The second-order valence-electron chi connectivity index (χ2n) is 5.76. The molecule has 2 rings (SSSR count). The van der Waals surface area contributed by atoms with Gasteiger partial charge in [-0.05, 0) is 44.8 Å². The first-order valence-electron chi connectivity index (χ1n) is 7.33. The summed E-state index contributed by atoms with van der Waals surface area (Å²) in [6.07, 6.45) is 3.55. The zero-order valence-electron chi connectivity index (χ0n) is 12.4. The second kappa shape index (κ2) is 6.84. The van der Waals surface area contributed by atoms with Crippen LogP contribution in [0, 0.1) is 0 Å². The average molecular weight is 281 g/mol. The van der Waals surface area contributed by atoms with E-state index in [4.69, 9.17) is 5.73 Å². The van der Waals surface area contributed by atoms with Crippen molar-refractivity contribution in [3.63, 3.8) is 0 Å². The quantitative estimate of drug-likeness (QED) is 0.900. The van der Waals surface area contributed by atoms with Crippen LogP contribution in [0.15, 0.2) is 17.5 Å². The Hall–Kier alpha value is -0.420. The van der Waals surface area contributed by atoms with E-state index in [9.17, 15) is 0 Å². The first-order chi connectivity index (χ1) is 9.13. The Morgan fingerprint density at radius 1 is 1.42 bits per heavy atom. The Morgan fingerprint density at radius 2 is 2.11 bits per heavy atom. The molecule has 0 amide bonds. The number of nitrogens with zero attached hydrogens (tertiary/aromatic N) is 2. The van der Waals surface area contributed by atoms with Crippen molar-refractivity contribution in [2.75, 3.05) is 27.2 Å². The fourth-order valence-electron chi connectivity index (χ4n) is 3.02. The number of hydrogen-bond donors (Lipinski definition) is 1. The normalized spacial score (nSPS) is 21.7. The van der Waals surface area contributed by atoms with E-state index in [-0.39, 0.29) is 6.04 Å². The molecule has 1 saturated heterocycles. The minimum atomic E-state index is 0.245. The fourth-order valence-corrected chi connectivity index (χ4v) is 3.96. The lowest BCUT2D eigenvalue weighted by atomic mass is 9.97. The van der Waals surface area contributed by atoms with Gasteiger partial charge in [-0.15, -0.1) is 11.3 Å². The largest absolute Gasteiger partial charge is 0.326 e. The van der Waals surface area contributed by atoms with Gasteiger partial charge >= 0.3 is 0 Å². The monoisotopic (exact) mass is 281 g/mol. The van der Waals surface area contributed by atoms with Gasteiger partial charge in [-0.2, -0.15) is 0 Å². The van der Waals surface area contributed by atoms with Gasteiger partial charge < -0.3 is 10.6 Å². The van der Waals surface area contributed by atoms with Crippen molar-refractivity contribution in [2.24, 2.45) is 5.73 Å². The number of nitrogens with two attached hydrogens (primary N) is 1. The molecule has 0 aliphatic carbocycles. The standard InChI is InChI=1S/C15H27N3S/c1-4-13(16)15(14-6-5-11-19-14)18-9-7-12(8-10-18)17(2)3/h5-6,11-13,15H,4,7-10,16H2,1-3H3. The Balaban J connectivity index is 2.05. The topological polar surface area (TPSA) is 32.5 Å². The predicted molar refractivity (Wildman–Crippen MR) is 83.6 cm³/mol. The molecule has 1 fully saturated rings. The molecule has 4 heteroatoms. The van der Waals surface area contributed by atoms with Crippen LogP contribution in [-0.4, -0.2) is 49.1 Å². The highest BCUT2D eigenvalue weighted by Gasteiger charge is 2.30. The Kier molecular flexibility index (Phi) is 5.39. The van der Waals surface area contributed by atoms with E-state index in [1.807, 2.05) is 11.3 Å². The summed E-state index contributed by atoms with van der Waals surface area (Å²) in [5.41, 5.74) is 6.39. The Labute approximate surface area is 121 Å². The Morgan fingerprint density at radius 3 is 2.58 bits per heavy atom. The van der Waals surface area contributed by atoms with Crippen LogP contribution in [0.2, 0.25) is 0 Å². The van der Waals surface area contributed by atoms with Crippen LogP contribution in [0.3, 0.4) is 0 Å². The van der Waals surface area contributed by atoms with Crippen LogP contribution < -0.4 is 5.73 Å². The van der Waals surface area contributed by atoms with Crippen molar-refractivity contribution >= 4 is 11.3 Å². The zero-order chi connectivity index (χ0) is 13.8. The molecule has 2 N–H and O–H groups in total. The summed E-state index contributed by atoms with van der Waals surface area (Å²) >= 11 is 1.84.